The van der Waals surface area contributed by atoms with E-state index in [0.717, 1.165) is 43.1 Å². The predicted molar refractivity (Wildman–Crippen MR) is 158 cm³/mol. The van der Waals surface area contributed by atoms with E-state index in [1.807, 2.05) is 36.4 Å². The number of carbonyl (C=O) groups excluding carboxylic acids is 2. The van der Waals surface area contributed by atoms with Crippen LogP contribution in [0.5, 0.6) is 0 Å². The average Bonchev–Trinajstić information content (AvgIpc) is 3.63. The van der Waals surface area contributed by atoms with Crippen LogP contribution in [0.15, 0.2) is 89.9 Å². The number of carbonyl (C=O) groups is 2. The number of hydrogen-bond donors (Lipinski definition) is 1. The minimum Gasteiger partial charge on any atom is -0.322 e. The monoisotopic (exact) mass is 532 g/mol. The Kier molecular flexibility index (Phi) is 7.35. The summed E-state index contributed by atoms with van der Waals surface area (Å²) in [4.78, 5) is 28.5. The van der Waals surface area contributed by atoms with Gasteiger partial charge in [-0.2, -0.15) is 5.10 Å². The van der Waals surface area contributed by atoms with E-state index < -0.39 is 0 Å². The molecule has 1 atom stereocenters. The van der Waals surface area contributed by atoms with Gasteiger partial charge in [-0.1, -0.05) is 67.6 Å². The Bertz CT molecular complexity index is 1520. The molecule has 3 aliphatic rings. The second-order valence-corrected chi connectivity index (χ2v) is 11.4. The molecule has 0 saturated carbocycles. The fraction of sp³-hybridized carbons (Fsp3) is 0.324. The van der Waals surface area contributed by atoms with Crippen molar-refractivity contribution in [2.24, 2.45) is 5.92 Å². The Hall–Kier alpha value is -4.03. The Morgan fingerprint density at radius 1 is 1.10 bits per heavy atom. The van der Waals surface area contributed by atoms with Crippen LogP contribution < -0.4 is 5.32 Å². The van der Waals surface area contributed by atoms with Crippen molar-refractivity contribution in [1.29, 1.82) is 0 Å². The first-order valence-electron chi connectivity index (χ1n) is 14.3. The molecule has 2 aromatic carbocycles. The maximum atomic E-state index is 13.1. The molecule has 3 aromatic rings. The van der Waals surface area contributed by atoms with Gasteiger partial charge in [-0.05, 0) is 79.1 Å². The number of piperidine rings is 1. The number of ketones is 1. The Morgan fingerprint density at radius 3 is 2.70 bits per heavy atom. The number of hydrogen-bond acceptors (Lipinski definition) is 4. The van der Waals surface area contributed by atoms with Gasteiger partial charge in [0.25, 0.3) is 5.91 Å². The summed E-state index contributed by atoms with van der Waals surface area (Å²) in [6, 6.07) is 16.8. The lowest BCUT2D eigenvalue weighted by molar-refractivity contribution is -0.114. The lowest BCUT2D eigenvalue weighted by Gasteiger charge is -2.30. The first-order valence-corrected chi connectivity index (χ1v) is 14.3. The third-order valence-electron chi connectivity index (χ3n) is 8.46. The van der Waals surface area contributed by atoms with Crippen LogP contribution in [0.3, 0.4) is 0 Å². The van der Waals surface area contributed by atoms with E-state index in [9.17, 15) is 9.59 Å². The molecule has 1 amide bonds. The number of Topliss-reactive ketones (excluding diaryl/α,β-unsaturated/α-hetero) is 1. The average molecular weight is 533 g/mol. The molecule has 204 valence electrons. The van der Waals surface area contributed by atoms with Gasteiger partial charge >= 0.3 is 0 Å². The van der Waals surface area contributed by atoms with Crippen molar-refractivity contribution in [1.82, 2.24) is 20.0 Å². The van der Waals surface area contributed by atoms with E-state index in [1.165, 1.54) is 29.5 Å². The fourth-order valence-corrected chi connectivity index (χ4v) is 5.85. The molecule has 0 bridgehead atoms. The molecule has 0 spiro atoms. The van der Waals surface area contributed by atoms with Gasteiger partial charge in [0.05, 0.1) is 17.8 Å². The second-order valence-electron chi connectivity index (χ2n) is 11.4. The van der Waals surface area contributed by atoms with Crippen LogP contribution in [0, 0.1) is 5.92 Å². The smallest absolute Gasteiger partial charge is 0.258 e. The van der Waals surface area contributed by atoms with Gasteiger partial charge in [0, 0.05) is 30.4 Å². The van der Waals surface area contributed by atoms with E-state index >= 15 is 0 Å². The van der Waals surface area contributed by atoms with Gasteiger partial charge in [-0.15, -0.1) is 0 Å². The van der Waals surface area contributed by atoms with Gasteiger partial charge in [-0.25, -0.2) is 0 Å². The third-order valence-corrected chi connectivity index (χ3v) is 8.46. The maximum absolute atomic E-state index is 13.1. The van der Waals surface area contributed by atoms with Crippen LogP contribution in [-0.2, 0) is 17.8 Å². The number of allylic oxidation sites excluding steroid dienone is 4. The van der Waals surface area contributed by atoms with Crippen LogP contribution in [0.1, 0.15) is 71.8 Å². The number of nitrogens with zero attached hydrogens (tertiary/aromatic N) is 3. The highest BCUT2D eigenvalue weighted by Gasteiger charge is 2.24. The molecule has 1 fully saturated rings. The molecular formula is C34H36N4O2. The minimum absolute atomic E-state index is 0.0146. The van der Waals surface area contributed by atoms with Gasteiger partial charge in [0.1, 0.15) is 0 Å². The van der Waals surface area contributed by atoms with Crippen molar-refractivity contribution < 1.29 is 9.59 Å². The van der Waals surface area contributed by atoms with Crippen LogP contribution in [0.4, 0.5) is 0 Å². The van der Waals surface area contributed by atoms with Crippen LogP contribution >= 0.6 is 0 Å². The van der Waals surface area contributed by atoms with Gasteiger partial charge in [0.15, 0.2) is 5.78 Å². The Morgan fingerprint density at radius 2 is 1.90 bits per heavy atom. The van der Waals surface area contributed by atoms with Gasteiger partial charge < -0.3 is 5.32 Å². The van der Waals surface area contributed by atoms with Crippen molar-refractivity contribution in [2.75, 3.05) is 13.1 Å². The summed E-state index contributed by atoms with van der Waals surface area (Å²) < 4.78 is 1.80. The van der Waals surface area contributed by atoms with Gasteiger partial charge in [-0.3, -0.25) is 19.2 Å². The quantitative estimate of drug-likeness (QED) is 0.413. The molecule has 1 aliphatic heterocycles. The highest BCUT2D eigenvalue weighted by atomic mass is 16.1. The molecule has 1 unspecified atom stereocenters. The maximum Gasteiger partial charge on any atom is 0.258 e. The summed E-state index contributed by atoms with van der Waals surface area (Å²) in [5.74, 6) is 0.681. The zero-order valence-corrected chi connectivity index (χ0v) is 23.3. The SMILES string of the molecule is CC1CCN(Cc2ccc3c(c2)C=C(C2=CC(NC(=O)c4cnn(C(C)c5ccccc5)c4)=CCC2=O)C3)CC1. The van der Waals surface area contributed by atoms with Crippen molar-refractivity contribution in [3.8, 4) is 0 Å². The zero-order chi connectivity index (χ0) is 27.6. The molecule has 6 nitrogen and oxygen atoms in total. The molecule has 2 heterocycles. The lowest BCUT2D eigenvalue weighted by Crippen LogP contribution is -2.32. The van der Waals surface area contributed by atoms with Crippen LogP contribution in [-0.4, -0.2) is 39.5 Å². The number of nitrogens with one attached hydrogen (secondary N) is 1. The first-order chi connectivity index (χ1) is 19.4. The summed E-state index contributed by atoms with van der Waals surface area (Å²) in [5.41, 5.74) is 7.75. The molecule has 6 heteroatoms. The van der Waals surface area contributed by atoms with Crippen molar-refractivity contribution in [2.45, 2.75) is 52.1 Å². The van der Waals surface area contributed by atoms with E-state index in [0.29, 0.717) is 16.8 Å². The van der Waals surface area contributed by atoms with E-state index in [2.05, 4.69) is 53.4 Å². The summed E-state index contributed by atoms with van der Waals surface area (Å²) in [7, 11) is 0. The van der Waals surface area contributed by atoms with Crippen LogP contribution in [0.2, 0.25) is 0 Å². The molecule has 0 radical (unpaired) electrons. The number of fused-ring (bicyclic) bond motifs is 1. The first kappa shape index (κ1) is 26.2. The third kappa shape index (κ3) is 5.63. The number of rotatable bonds is 7. The molecule has 1 aromatic heterocycles. The summed E-state index contributed by atoms with van der Waals surface area (Å²) >= 11 is 0. The van der Waals surface area contributed by atoms with Crippen molar-refractivity contribution >= 4 is 17.8 Å². The number of likely N-dealkylation sites (tertiary alicyclic amines) is 1. The normalized spacial score (nSPS) is 18.6. The van der Waals surface area contributed by atoms with Crippen molar-refractivity contribution in [3.05, 3.63) is 118 Å². The highest BCUT2D eigenvalue weighted by Crippen LogP contribution is 2.33. The Labute approximate surface area is 236 Å². The number of amides is 1. The van der Waals surface area contributed by atoms with E-state index in [1.54, 1.807) is 23.2 Å². The van der Waals surface area contributed by atoms with Crippen molar-refractivity contribution in [3.63, 3.8) is 0 Å². The summed E-state index contributed by atoms with van der Waals surface area (Å²) in [6.45, 7) is 7.69. The molecule has 2 aliphatic carbocycles. The highest BCUT2D eigenvalue weighted by molar-refractivity contribution is 6.04. The molecule has 6 rings (SSSR count). The zero-order valence-electron chi connectivity index (χ0n) is 23.3. The second kappa shape index (κ2) is 11.2. The largest absolute Gasteiger partial charge is 0.322 e. The number of aromatic nitrogens is 2. The summed E-state index contributed by atoms with van der Waals surface area (Å²) in [5, 5.41) is 7.41. The van der Waals surface area contributed by atoms with E-state index in [-0.39, 0.29) is 24.2 Å². The molecular weight excluding hydrogens is 496 g/mol. The topological polar surface area (TPSA) is 67.2 Å². The minimum atomic E-state index is -0.233. The molecule has 1 saturated heterocycles. The molecule has 40 heavy (non-hydrogen) atoms. The fourth-order valence-electron chi connectivity index (χ4n) is 5.85. The summed E-state index contributed by atoms with van der Waals surface area (Å²) in [6.07, 6.45) is 12.7. The Balaban J connectivity index is 1.13. The van der Waals surface area contributed by atoms with Gasteiger partial charge in [0.2, 0.25) is 0 Å². The van der Waals surface area contributed by atoms with E-state index in [4.69, 9.17) is 0 Å². The molecule has 1 N–H and O–H groups in total. The number of benzene rings is 2. The lowest BCUT2D eigenvalue weighted by atomic mass is 9.93. The van der Waals surface area contributed by atoms with Crippen LogP contribution in [0.25, 0.3) is 6.08 Å². The predicted octanol–water partition coefficient (Wildman–Crippen LogP) is 5.88. The standard InChI is InChI=1S/C34H36N4O2/c1-23-12-14-37(15-13-23)21-25-8-9-27-17-29(18-28(27)16-25)32-19-31(10-11-33(32)39)36-34(40)30-20-35-38(22-30)24(2)26-6-4-3-5-7-26/h3-10,16,18-20,22-24H,11-15,17,21H2,1-2H3,(H,36,40).